The molecule has 2 heterocycles. The zero-order valence-electron chi connectivity index (χ0n) is 13.0. The Morgan fingerprint density at radius 2 is 1.90 bits per heavy atom. The summed E-state index contributed by atoms with van der Waals surface area (Å²) in [5, 5.41) is 3.40. The van der Waals surface area contributed by atoms with Gasteiger partial charge in [0.25, 0.3) is 0 Å². The number of hydrogen-bond acceptors (Lipinski definition) is 4. The molecule has 3 N–H and O–H groups in total. The van der Waals surface area contributed by atoms with Crippen LogP contribution in [-0.2, 0) is 4.74 Å². The minimum absolute atomic E-state index is 0.0827. The highest BCUT2D eigenvalue weighted by Crippen LogP contribution is 2.30. The second-order valence-electron chi connectivity index (χ2n) is 7.13. The summed E-state index contributed by atoms with van der Waals surface area (Å²) in [4.78, 5) is 13.9. The van der Waals surface area contributed by atoms with Crippen LogP contribution in [0, 0.1) is 11.8 Å². The maximum Gasteiger partial charge on any atom is 0.410 e. The molecule has 0 aliphatic carbocycles. The molecule has 2 fully saturated rings. The van der Waals surface area contributed by atoms with Crippen molar-refractivity contribution in [2.24, 2.45) is 17.6 Å². The molecular formula is C15H29N3O2. The highest BCUT2D eigenvalue weighted by Gasteiger charge is 2.35. The van der Waals surface area contributed by atoms with Crippen LogP contribution in [0.3, 0.4) is 0 Å². The lowest BCUT2D eigenvalue weighted by Gasteiger charge is -2.41. The third-order valence-corrected chi connectivity index (χ3v) is 4.35. The van der Waals surface area contributed by atoms with E-state index in [1.54, 1.807) is 4.90 Å². The van der Waals surface area contributed by atoms with Crippen LogP contribution in [-0.4, -0.2) is 48.8 Å². The van der Waals surface area contributed by atoms with E-state index >= 15 is 0 Å². The van der Waals surface area contributed by atoms with Crippen LogP contribution in [0.2, 0.25) is 0 Å². The first kappa shape index (κ1) is 15.6. The van der Waals surface area contributed by atoms with E-state index in [2.05, 4.69) is 5.32 Å². The van der Waals surface area contributed by atoms with Gasteiger partial charge in [-0.2, -0.15) is 0 Å². The van der Waals surface area contributed by atoms with E-state index in [-0.39, 0.29) is 12.1 Å². The molecule has 5 nitrogen and oxygen atoms in total. The summed E-state index contributed by atoms with van der Waals surface area (Å²) in [6.07, 6.45) is 3.21. The first-order valence-corrected chi connectivity index (χ1v) is 7.81. The second kappa shape index (κ2) is 6.31. The quantitative estimate of drug-likeness (QED) is 0.766. The van der Waals surface area contributed by atoms with Crippen molar-refractivity contribution in [3.8, 4) is 0 Å². The van der Waals surface area contributed by atoms with E-state index < -0.39 is 5.60 Å². The molecule has 0 aromatic carbocycles. The Morgan fingerprint density at radius 1 is 1.25 bits per heavy atom. The van der Waals surface area contributed by atoms with Crippen LogP contribution in [0.15, 0.2) is 0 Å². The van der Waals surface area contributed by atoms with Gasteiger partial charge in [-0.05, 0) is 65.0 Å². The zero-order chi connectivity index (χ0) is 14.8. The maximum absolute atomic E-state index is 12.1. The largest absolute Gasteiger partial charge is 0.444 e. The third-order valence-electron chi connectivity index (χ3n) is 4.35. The normalized spacial score (nSPS) is 29.3. The van der Waals surface area contributed by atoms with Crippen LogP contribution >= 0.6 is 0 Å². The van der Waals surface area contributed by atoms with Crippen molar-refractivity contribution >= 4 is 6.09 Å². The molecule has 2 aliphatic heterocycles. The third kappa shape index (κ3) is 4.09. The fourth-order valence-corrected chi connectivity index (χ4v) is 3.35. The number of hydrogen-bond donors (Lipinski definition) is 2. The lowest BCUT2D eigenvalue weighted by Crippen LogP contribution is -2.54. The van der Waals surface area contributed by atoms with E-state index in [0.29, 0.717) is 18.4 Å². The minimum Gasteiger partial charge on any atom is -0.444 e. The van der Waals surface area contributed by atoms with Crippen molar-refractivity contribution in [2.45, 2.75) is 51.7 Å². The first-order valence-electron chi connectivity index (χ1n) is 7.81. The van der Waals surface area contributed by atoms with Gasteiger partial charge in [0.1, 0.15) is 5.60 Å². The molecule has 1 amide bonds. The number of piperidine rings is 2. The van der Waals surface area contributed by atoms with Gasteiger partial charge in [0, 0.05) is 19.1 Å². The average Bonchev–Trinajstić information content (AvgIpc) is 2.37. The van der Waals surface area contributed by atoms with E-state index in [9.17, 15) is 4.79 Å². The highest BCUT2D eigenvalue weighted by molar-refractivity contribution is 5.68. The Balaban J connectivity index is 1.86. The average molecular weight is 283 g/mol. The SMILES string of the molecule is CC(C)(C)OC(=O)N1CCC(C2CCNCC2)C(N)C1. The monoisotopic (exact) mass is 283 g/mol. The van der Waals surface area contributed by atoms with Gasteiger partial charge in [0.2, 0.25) is 0 Å². The van der Waals surface area contributed by atoms with Crippen LogP contribution < -0.4 is 11.1 Å². The van der Waals surface area contributed by atoms with E-state index in [1.807, 2.05) is 20.8 Å². The van der Waals surface area contributed by atoms with Gasteiger partial charge in [-0.3, -0.25) is 0 Å². The molecule has 2 rings (SSSR count). The number of likely N-dealkylation sites (tertiary alicyclic amines) is 1. The van der Waals surface area contributed by atoms with Crippen molar-refractivity contribution in [1.82, 2.24) is 10.2 Å². The number of carbonyl (C=O) groups excluding carboxylic acids is 1. The van der Waals surface area contributed by atoms with Gasteiger partial charge < -0.3 is 20.7 Å². The Morgan fingerprint density at radius 3 is 2.45 bits per heavy atom. The molecule has 0 saturated carbocycles. The van der Waals surface area contributed by atoms with Gasteiger partial charge in [-0.25, -0.2) is 4.79 Å². The van der Waals surface area contributed by atoms with Crippen LogP contribution in [0.5, 0.6) is 0 Å². The lowest BCUT2D eigenvalue weighted by molar-refractivity contribution is 0.0116. The number of ether oxygens (including phenoxy) is 1. The number of amides is 1. The van der Waals surface area contributed by atoms with Crippen LogP contribution in [0.4, 0.5) is 4.79 Å². The maximum atomic E-state index is 12.1. The molecule has 2 atom stereocenters. The molecule has 0 aromatic rings. The summed E-state index contributed by atoms with van der Waals surface area (Å²) in [7, 11) is 0. The number of nitrogens with one attached hydrogen (secondary N) is 1. The Kier molecular flexibility index (Phi) is 4.91. The van der Waals surface area contributed by atoms with Gasteiger partial charge >= 0.3 is 6.09 Å². The molecule has 0 bridgehead atoms. The van der Waals surface area contributed by atoms with Crippen molar-refractivity contribution in [1.29, 1.82) is 0 Å². The zero-order valence-corrected chi connectivity index (χ0v) is 13.0. The summed E-state index contributed by atoms with van der Waals surface area (Å²) in [6.45, 7) is 9.29. The Hall–Kier alpha value is -0.810. The van der Waals surface area contributed by atoms with Gasteiger partial charge in [-0.1, -0.05) is 0 Å². The number of nitrogens with zero attached hydrogens (tertiary/aromatic N) is 1. The Labute approximate surface area is 122 Å². The van der Waals surface area contributed by atoms with E-state index in [1.165, 1.54) is 12.8 Å². The standard InChI is InChI=1S/C15H29N3O2/c1-15(2,3)20-14(19)18-9-6-12(13(16)10-18)11-4-7-17-8-5-11/h11-13,17H,4-10,16H2,1-3H3. The predicted molar refractivity (Wildman–Crippen MR) is 79.5 cm³/mol. The summed E-state index contributed by atoms with van der Waals surface area (Å²) >= 11 is 0. The molecule has 0 aromatic heterocycles. The number of nitrogens with two attached hydrogens (primary N) is 1. The smallest absolute Gasteiger partial charge is 0.410 e. The highest BCUT2D eigenvalue weighted by atomic mass is 16.6. The predicted octanol–water partition coefficient (Wildman–Crippen LogP) is 1.57. The van der Waals surface area contributed by atoms with Crippen LogP contribution in [0.25, 0.3) is 0 Å². The molecule has 2 aliphatic rings. The van der Waals surface area contributed by atoms with Crippen molar-refractivity contribution in [3.63, 3.8) is 0 Å². The molecule has 116 valence electrons. The molecule has 2 saturated heterocycles. The molecule has 2 unspecified atom stereocenters. The summed E-state index contributed by atoms with van der Waals surface area (Å²) in [5.41, 5.74) is 5.89. The van der Waals surface area contributed by atoms with Crippen molar-refractivity contribution in [2.75, 3.05) is 26.2 Å². The molecular weight excluding hydrogens is 254 g/mol. The summed E-state index contributed by atoms with van der Waals surface area (Å²) in [5.74, 6) is 1.27. The lowest BCUT2D eigenvalue weighted by atomic mass is 9.77. The minimum atomic E-state index is -0.437. The molecule has 20 heavy (non-hydrogen) atoms. The van der Waals surface area contributed by atoms with Gasteiger partial charge in [0.05, 0.1) is 0 Å². The topological polar surface area (TPSA) is 67.6 Å². The number of carbonyl (C=O) groups is 1. The van der Waals surface area contributed by atoms with E-state index in [0.717, 1.165) is 26.1 Å². The van der Waals surface area contributed by atoms with Crippen molar-refractivity contribution in [3.05, 3.63) is 0 Å². The van der Waals surface area contributed by atoms with Gasteiger partial charge in [-0.15, -0.1) is 0 Å². The summed E-state index contributed by atoms with van der Waals surface area (Å²) < 4.78 is 5.43. The van der Waals surface area contributed by atoms with Gasteiger partial charge in [0.15, 0.2) is 0 Å². The number of rotatable bonds is 1. The second-order valence-corrected chi connectivity index (χ2v) is 7.13. The Bertz CT molecular complexity index is 335. The van der Waals surface area contributed by atoms with E-state index in [4.69, 9.17) is 10.5 Å². The fourth-order valence-electron chi connectivity index (χ4n) is 3.35. The molecule has 0 radical (unpaired) electrons. The van der Waals surface area contributed by atoms with Crippen molar-refractivity contribution < 1.29 is 9.53 Å². The first-order chi connectivity index (χ1) is 9.37. The fraction of sp³-hybridized carbons (Fsp3) is 0.933. The molecule has 0 spiro atoms. The summed E-state index contributed by atoms with van der Waals surface area (Å²) in [6, 6.07) is 0.0827. The van der Waals surface area contributed by atoms with Crippen LogP contribution in [0.1, 0.15) is 40.0 Å². The molecule has 5 heteroatoms.